The molecule has 128 valence electrons. The van der Waals surface area contributed by atoms with Crippen molar-refractivity contribution in [2.45, 2.75) is 20.0 Å². The topological polar surface area (TPSA) is 79.9 Å². The molecule has 3 rings (SSSR count). The number of aromatic nitrogens is 3. The molecule has 0 aliphatic heterocycles. The second-order valence-electron chi connectivity index (χ2n) is 5.54. The highest BCUT2D eigenvalue weighted by Crippen LogP contribution is 2.22. The second kappa shape index (κ2) is 7.81. The summed E-state index contributed by atoms with van der Waals surface area (Å²) in [4.78, 5) is 23.3. The first-order chi connectivity index (χ1) is 12.1. The minimum absolute atomic E-state index is 0.143. The van der Waals surface area contributed by atoms with Gasteiger partial charge in [0.2, 0.25) is 5.91 Å². The first-order valence-corrected chi connectivity index (χ1v) is 8.09. The minimum atomic E-state index is -0.143. The van der Waals surface area contributed by atoms with Gasteiger partial charge in [0, 0.05) is 23.6 Å². The number of aryl methyl sites for hydroxylation is 1. The quantitative estimate of drug-likeness (QED) is 0.708. The van der Waals surface area contributed by atoms with Crippen molar-refractivity contribution in [3.05, 3.63) is 71.0 Å². The number of nitrogens with one attached hydrogen (secondary N) is 2. The van der Waals surface area contributed by atoms with E-state index < -0.39 is 0 Å². The largest absolute Gasteiger partial charge is 0.486 e. The van der Waals surface area contributed by atoms with Crippen molar-refractivity contribution in [3.8, 4) is 5.75 Å². The second-order valence-corrected chi connectivity index (χ2v) is 5.97. The Morgan fingerprint density at radius 1 is 1.32 bits per heavy atom. The standard InChI is InChI=1S/C18H17ClN4O2/c1-12-2-3-20-10-16(12)23-18(24)8-13-6-14(19)9-15(7-13)25-11-17-21-4-5-22-17/h2-7,9-10H,8,11H2,1H3,(H,21,22)(H,23,24). The number of hydrogen-bond acceptors (Lipinski definition) is 4. The Labute approximate surface area is 150 Å². The lowest BCUT2D eigenvalue weighted by Crippen LogP contribution is -2.15. The van der Waals surface area contributed by atoms with Crippen molar-refractivity contribution >= 4 is 23.2 Å². The van der Waals surface area contributed by atoms with E-state index in [0.717, 1.165) is 11.1 Å². The molecule has 7 heteroatoms. The Morgan fingerprint density at radius 2 is 2.20 bits per heavy atom. The van der Waals surface area contributed by atoms with Crippen LogP contribution in [0.3, 0.4) is 0 Å². The molecule has 0 saturated heterocycles. The van der Waals surface area contributed by atoms with E-state index in [2.05, 4.69) is 20.3 Å². The van der Waals surface area contributed by atoms with Gasteiger partial charge in [-0.15, -0.1) is 0 Å². The third-order valence-corrected chi connectivity index (χ3v) is 3.76. The molecule has 0 aliphatic rings. The lowest BCUT2D eigenvalue weighted by atomic mass is 10.1. The van der Waals surface area contributed by atoms with Crippen LogP contribution >= 0.6 is 11.6 Å². The number of carbonyl (C=O) groups is 1. The SMILES string of the molecule is Cc1ccncc1NC(=O)Cc1cc(Cl)cc(OCc2ncc[nH]2)c1. The van der Waals surface area contributed by atoms with E-state index in [9.17, 15) is 4.79 Å². The summed E-state index contributed by atoms with van der Waals surface area (Å²) in [5.41, 5.74) is 2.42. The molecule has 2 N–H and O–H groups in total. The molecule has 2 aromatic heterocycles. The number of halogens is 1. The first kappa shape index (κ1) is 17.0. The van der Waals surface area contributed by atoms with Crippen molar-refractivity contribution in [1.29, 1.82) is 0 Å². The van der Waals surface area contributed by atoms with Crippen LogP contribution in [0, 0.1) is 6.92 Å². The van der Waals surface area contributed by atoms with Crippen molar-refractivity contribution in [2.75, 3.05) is 5.32 Å². The van der Waals surface area contributed by atoms with Crippen LogP contribution < -0.4 is 10.1 Å². The summed E-state index contributed by atoms with van der Waals surface area (Å²) in [7, 11) is 0. The number of ether oxygens (including phenoxy) is 1. The highest BCUT2D eigenvalue weighted by Gasteiger charge is 2.09. The maximum atomic E-state index is 12.3. The number of amides is 1. The van der Waals surface area contributed by atoms with Crippen LogP contribution in [0.5, 0.6) is 5.75 Å². The van der Waals surface area contributed by atoms with Gasteiger partial charge >= 0.3 is 0 Å². The van der Waals surface area contributed by atoms with Crippen molar-refractivity contribution in [3.63, 3.8) is 0 Å². The number of imidazole rings is 1. The summed E-state index contributed by atoms with van der Waals surface area (Å²) in [6.45, 7) is 2.21. The molecular weight excluding hydrogens is 340 g/mol. The highest BCUT2D eigenvalue weighted by atomic mass is 35.5. The number of benzene rings is 1. The van der Waals surface area contributed by atoms with E-state index in [1.807, 2.05) is 13.0 Å². The van der Waals surface area contributed by atoms with E-state index >= 15 is 0 Å². The van der Waals surface area contributed by atoms with E-state index in [1.165, 1.54) is 0 Å². The van der Waals surface area contributed by atoms with Crippen LogP contribution in [0.15, 0.2) is 49.1 Å². The van der Waals surface area contributed by atoms with E-state index in [4.69, 9.17) is 16.3 Å². The van der Waals surface area contributed by atoms with E-state index in [-0.39, 0.29) is 12.3 Å². The fourth-order valence-corrected chi connectivity index (χ4v) is 2.56. The molecule has 0 aliphatic carbocycles. The van der Waals surface area contributed by atoms with Crippen LogP contribution in [0.1, 0.15) is 17.0 Å². The molecule has 0 radical (unpaired) electrons. The number of carbonyl (C=O) groups excluding carboxylic acids is 1. The van der Waals surface area contributed by atoms with Crippen LogP contribution in [-0.2, 0) is 17.8 Å². The van der Waals surface area contributed by atoms with Crippen LogP contribution in [0.25, 0.3) is 0 Å². The van der Waals surface area contributed by atoms with Gasteiger partial charge in [0.15, 0.2) is 0 Å². The molecule has 0 saturated carbocycles. The zero-order chi connectivity index (χ0) is 17.6. The first-order valence-electron chi connectivity index (χ1n) is 7.71. The molecule has 1 amide bonds. The van der Waals surface area contributed by atoms with Gasteiger partial charge in [0.1, 0.15) is 18.2 Å². The van der Waals surface area contributed by atoms with Crippen molar-refractivity contribution in [2.24, 2.45) is 0 Å². The number of pyridine rings is 1. The molecule has 0 bridgehead atoms. The predicted octanol–water partition coefficient (Wildman–Crippen LogP) is 3.53. The van der Waals surface area contributed by atoms with Crippen LogP contribution in [0.4, 0.5) is 5.69 Å². The number of anilines is 1. The molecule has 0 spiro atoms. The van der Waals surface area contributed by atoms with Gasteiger partial charge in [-0.1, -0.05) is 11.6 Å². The predicted molar refractivity (Wildman–Crippen MR) is 95.7 cm³/mol. The summed E-state index contributed by atoms with van der Waals surface area (Å²) < 4.78 is 5.67. The zero-order valence-electron chi connectivity index (χ0n) is 13.6. The third kappa shape index (κ3) is 4.81. The number of H-pyrrole nitrogens is 1. The Hall–Kier alpha value is -2.86. The molecule has 0 unspecified atom stereocenters. The molecule has 2 heterocycles. The summed E-state index contributed by atoms with van der Waals surface area (Å²) in [5.74, 6) is 1.16. The maximum Gasteiger partial charge on any atom is 0.228 e. The average Bonchev–Trinajstić information content (AvgIpc) is 3.08. The summed E-state index contributed by atoms with van der Waals surface area (Å²) >= 11 is 6.13. The average molecular weight is 357 g/mol. The van der Waals surface area contributed by atoms with Crippen LogP contribution in [-0.4, -0.2) is 20.9 Å². The van der Waals surface area contributed by atoms with Gasteiger partial charge in [-0.25, -0.2) is 4.98 Å². The number of rotatable bonds is 6. The highest BCUT2D eigenvalue weighted by molar-refractivity contribution is 6.30. The molecule has 0 fully saturated rings. The molecule has 1 aromatic carbocycles. The third-order valence-electron chi connectivity index (χ3n) is 3.54. The Bertz CT molecular complexity index is 865. The van der Waals surface area contributed by atoms with Gasteiger partial charge in [0.25, 0.3) is 0 Å². The number of aromatic amines is 1. The van der Waals surface area contributed by atoms with Gasteiger partial charge in [0.05, 0.1) is 18.3 Å². The van der Waals surface area contributed by atoms with Gasteiger partial charge in [-0.2, -0.15) is 0 Å². The molecule has 25 heavy (non-hydrogen) atoms. The van der Waals surface area contributed by atoms with Crippen molar-refractivity contribution in [1.82, 2.24) is 15.0 Å². The Morgan fingerprint density at radius 3 is 2.96 bits per heavy atom. The number of nitrogens with zero attached hydrogens (tertiary/aromatic N) is 2. The molecule has 3 aromatic rings. The Balaban J connectivity index is 1.65. The van der Waals surface area contributed by atoms with Gasteiger partial charge < -0.3 is 15.0 Å². The van der Waals surface area contributed by atoms with Gasteiger partial charge in [-0.3, -0.25) is 9.78 Å². The normalized spacial score (nSPS) is 10.5. The summed E-state index contributed by atoms with van der Waals surface area (Å²) in [6, 6.07) is 7.09. The minimum Gasteiger partial charge on any atom is -0.486 e. The van der Waals surface area contributed by atoms with E-state index in [1.54, 1.807) is 43.0 Å². The van der Waals surface area contributed by atoms with Crippen molar-refractivity contribution < 1.29 is 9.53 Å². The van der Waals surface area contributed by atoms with Crippen LogP contribution in [0.2, 0.25) is 5.02 Å². The summed E-state index contributed by atoms with van der Waals surface area (Å²) in [5, 5.41) is 3.36. The molecular formula is C18H17ClN4O2. The molecule has 0 atom stereocenters. The smallest absolute Gasteiger partial charge is 0.228 e. The van der Waals surface area contributed by atoms with E-state index in [0.29, 0.717) is 28.9 Å². The summed E-state index contributed by atoms with van der Waals surface area (Å²) in [6.07, 6.45) is 6.89. The Kier molecular flexibility index (Phi) is 5.30. The number of hydrogen-bond donors (Lipinski definition) is 2. The lowest BCUT2D eigenvalue weighted by Gasteiger charge is -2.10. The fraction of sp³-hybridized carbons (Fsp3) is 0.167. The molecule has 6 nitrogen and oxygen atoms in total. The monoisotopic (exact) mass is 356 g/mol. The van der Waals surface area contributed by atoms with Gasteiger partial charge in [-0.05, 0) is 42.3 Å². The maximum absolute atomic E-state index is 12.3. The lowest BCUT2D eigenvalue weighted by molar-refractivity contribution is -0.115. The zero-order valence-corrected chi connectivity index (χ0v) is 14.4. The fourth-order valence-electron chi connectivity index (χ4n) is 2.31.